The third-order valence-electron chi connectivity index (χ3n) is 7.08. The number of imidazole rings is 1. The van der Waals surface area contributed by atoms with Crippen LogP contribution in [0, 0.1) is 5.92 Å². The van der Waals surface area contributed by atoms with Crippen molar-refractivity contribution in [1.82, 2.24) is 24.2 Å². The molecule has 5 rings (SSSR count). The van der Waals surface area contributed by atoms with Crippen LogP contribution in [0.25, 0.3) is 11.3 Å². The zero-order chi connectivity index (χ0) is 27.2. The maximum absolute atomic E-state index is 13.7. The molecule has 0 radical (unpaired) electrons. The summed E-state index contributed by atoms with van der Waals surface area (Å²) in [6.45, 7) is 1.81. The van der Waals surface area contributed by atoms with E-state index in [1.807, 2.05) is 0 Å². The molecule has 13 heteroatoms. The van der Waals surface area contributed by atoms with Gasteiger partial charge >= 0.3 is 6.18 Å². The Kier molecular flexibility index (Phi) is 6.95. The molecule has 3 aromatic rings. The Bertz CT molecular complexity index is 1370. The highest BCUT2D eigenvalue weighted by atomic mass is 35.5. The van der Waals surface area contributed by atoms with E-state index in [-0.39, 0.29) is 34.1 Å². The lowest BCUT2D eigenvalue weighted by Crippen LogP contribution is -2.40. The van der Waals surface area contributed by atoms with Gasteiger partial charge < -0.3 is 20.5 Å². The largest absolute Gasteiger partial charge is 0.435 e. The number of likely N-dealkylation sites (tertiary alicyclic amines) is 1. The van der Waals surface area contributed by atoms with Crippen molar-refractivity contribution in [2.24, 2.45) is 18.7 Å². The van der Waals surface area contributed by atoms with Crippen molar-refractivity contribution >= 4 is 29.1 Å². The van der Waals surface area contributed by atoms with Crippen LogP contribution in [0.4, 0.5) is 18.9 Å². The fraction of sp³-hybridized carbons (Fsp3) is 0.440. The molecule has 0 atom stereocenters. The van der Waals surface area contributed by atoms with Crippen molar-refractivity contribution in [3.05, 3.63) is 52.7 Å². The molecule has 0 bridgehead atoms. The van der Waals surface area contributed by atoms with Gasteiger partial charge in [0.05, 0.1) is 34.1 Å². The van der Waals surface area contributed by atoms with E-state index in [0.29, 0.717) is 36.8 Å². The van der Waals surface area contributed by atoms with Crippen LogP contribution in [0.2, 0.25) is 5.02 Å². The maximum Gasteiger partial charge on any atom is 0.435 e. The predicted octanol–water partition coefficient (Wildman–Crippen LogP) is 4.35. The standard InChI is InChI=1S/C25H27ClF3N7O2/c1-34-20(18-13-36(16-3-4-16)33-21(18)25(27,28)29)12-31-22(34)23(37)32-15-2-5-17(19(26)10-15)24(38)35-8-6-14(11-30)7-9-35/h2,5,10,12-14,16H,3-4,6-9,11,30H2,1H3,(H,32,37). The van der Waals surface area contributed by atoms with Gasteiger partial charge in [-0.1, -0.05) is 11.6 Å². The molecule has 2 fully saturated rings. The molecule has 2 amide bonds. The first-order chi connectivity index (χ1) is 18.1. The molecule has 1 aliphatic heterocycles. The number of hydrogen-bond donors (Lipinski definition) is 2. The number of hydrogen-bond acceptors (Lipinski definition) is 5. The number of carbonyl (C=O) groups is 2. The minimum atomic E-state index is -4.65. The number of benzene rings is 1. The second-order valence-electron chi connectivity index (χ2n) is 9.75. The highest BCUT2D eigenvalue weighted by Gasteiger charge is 2.40. The van der Waals surface area contributed by atoms with Gasteiger partial charge in [0.25, 0.3) is 11.8 Å². The van der Waals surface area contributed by atoms with Crippen molar-refractivity contribution in [3.8, 4) is 11.3 Å². The number of nitrogens with two attached hydrogens (primary N) is 1. The quantitative estimate of drug-likeness (QED) is 0.475. The molecule has 1 saturated carbocycles. The molecular weight excluding hydrogens is 523 g/mol. The number of nitrogens with one attached hydrogen (secondary N) is 1. The van der Waals surface area contributed by atoms with Gasteiger partial charge in [-0.25, -0.2) is 4.98 Å². The maximum atomic E-state index is 13.7. The Morgan fingerprint density at radius 3 is 2.50 bits per heavy atom. The molecule has 0 unspecified atom stereocenters. The van der Waals surface area contributed by atoms with Gasteiger partial charge in [0.1, 0.15) is 0 Å². The first-order valence-corrected chi connectivity index (χ1v) is 12.7. The minimum absolute atomic E-state index is 0.0433. The first-order valence-electron chi connectivity index (χ1n) is 12.4. The zero-order valence-electron chi connectivity index (χ0n) is 20.6. The van der Waals surface area contributed by atoms with Crippen LogP contribution in [0.5, 0.6) is 0 Å². The SMILES string of the molecule is Cn1c(-c2cn(C3CC3)nc2C(F)(F)F)cnc1C(=O)Nc1ccc(C(=O)N2CCC(CN)CC2)c(Cl)c1. The number of amides is 2. The Balaban J connectivity index is 1.32. The lowest BCUT2D eigenvalue weighted by atomic mass is 9.96. The topological polar surface area (TPSA) is 111 Å². The number of halogens is 4. The van der Waals surface area contributed by atoms with Crippen LogP contribution >= 0.6 is 11.6 Å². The van der Waals surface area contributed by atoms with Gasteiger partial charge in [0.15, 0.2) is 11.5 Å². The summed E-state index contributed by atoms with van der Waals surface area (Å²) in [7, 11) is 1.47. The van der Waals surface area contributed by atoms with Gasteiger partial charge in [0, 0.05) is 32.0 Å². The molecule has 1 aromatic carbocycles. The fourth-order valence-corrected chi connectivity index (χ4v) is 4.94. The number of nitrogens with zero attached hydrogens (tertiary/aromatic N) is 5. The van der Waals surface area contributed by atoms with Gasteiger partial charge in [-0.15, -0.1) is 0 Å². The van der Waals surface area contributed by atoms with E-state index in [0.717, 1.165) is 25.7 Å². The molecule has 202 valence electrons. The summed E-state index contributed by atoms with van der Waals surface area (Å²) in [4.78, 5) is 31.7. The van der Waals surface area contributed by atoms with E-state index in [4.69, 9.17) is 17.3 Å². The summed E-state index contributed by atoms with van der Waals surface area (Å²) in [6.07, 6.45) is 1.15. The third-order valence-corrected chi connectivity index (χ3v) is 7.39. The molecule has 3 N–H and O–H groups in total. The molecule has 3 heterocycles. The highest BCUT2D eigenvalue weighted by molar-refractivity contribution is 6.34. The Morgan fingerprint density at radius 2 is 1.89 bits per heavy atom. The summed E-state index contributed by atoms with van der Waals surface area (Å²) in [5.41, 5.74) is 5.33. The Morgan fingerprint density at radius 1 is 1.18 bits per heavy atom. The van der Waals surface area contributed by atoms with E-state index in [1.165, 1.54) is 34.8 Å². The average molecular weight is 550 g/mol. The average Bonchev–Trinajstić information content (AvgIpc) is 3.51. The third kappa shape index (κ3) is 5.14. The van der Waals surface area contributed by atoms with E-state index < -0.39 is 17.8 Å². The zero-order valence-corrected chi connectivity index (χ0v) is 21.4. The fourth-order valence-electron chi connectivity index (χ4n) is 4.68. The smallest absolute Gasteiger partial charge is 0.339 e. The van der Waals surface area contributed by atoms with Crippen LogP contribution in [-0.4, -0.2) is 55.7 Å². The molecule has 38 heavy (non-hydrogen) atoms. The number of alkyl halides is 3. The van der Waals surface area contributed by atoms with E-state index in [1.54, 1.807) is 17.0 Å². The van der Waals surface area contributed by atoms with Crippen LogP contribution < -0.4 is 11.1 Å². The molecule has 0 spiro atoms. The van der Waals surface area contributed by atoms with Gasteiger partial charge in [-0.2, -0.15) is 18.3 Å². The molecule has 1 aliphatic carbocycles. The number of aromatic nitrogens is 4. The molecule has 2 aliphatic rings. The molecule has 2 aromatic heterocycles. The van der Waals surface area contributed by atoms with Crippen LogP contribution in [0.15, 0.2) is 30.6 Å². The molecular formula is C25H27ClF3N7O2. The van der Waals surface area contributed by atoms with E-state index >= 15 is 0 Å². The van der Waals surface area contributed by atoms with Gasteiger partial charge in [-0.3, -0.25) is 14.3 Å². The number of rotatable bonds is 6. The van der Waals surface area contributed by atoms with Crippen LogP contribution in [0.1, 0.15) is 58.4 Å². The van der Waals surface area contributed by atoms with E-state index in [2.05, 4.69) is 15.4 Å². The van der Waals surface area contributed by atoms with Crippen molar-refractivity contribution in [2.45, 2.75) is 37.9 Å². The lowest BCUT2D eigenvalue weighted by Gasteiger charge is -2.31. The monoisotopic (exact) mass is 549 g/mol. The second-order valence-corrected chi connectivity index (χ2v) is 10.2. The Hall–Kier alpha value is -3.38. The summed E-state index contributed by atoms with van der Waals surface area (Å²) in [5.74, 6) is -0.510. The molecule has 9 nitrogen and oxygen atoms in total. The van der Waals surface area contributed by atoms with Crippen molar-refractivity contribution in [1.29, 1.82) is 0 Å². The van der Waals surface area contributed by atoms with Gasteiger partial charge in [-0.05, 0) is 56.3 Å². The summed E-state index contributed by atoms with van der Waals surface area (Å²) < 4.78 is 43.6. The predicted molar refractivity (Wildman–Crippen MR) is 135 cm³/mol. The number of piperidine rings is 1. The summed E-state index contributed by atoms with van der Waals surface area (Å²) in [5, 5.41) is 6.59. The van der Waals surface area contributed by atoms with Crippen molar-refractivity contribution < 1.29 is 22.8 Å². The van der Waals surface area contributed by atoms with Crippen LogP contribution in [0.3, 0.4) is 0 Å². The lowest BCUT2D eigenvalue weighted by molar-refractivity contribution is -0.141. The number of carbonyl (C=O) groups excluding carboxylic acids is 2. The first kappa shape index (κ1) is 26.2. The summed E-state index contributed by atoms with van der Waals surface area (Å²) in [6, 6.07) is 4.51. The minimum Gasteiger partial charge on any atom is -0.339 e. The second kappa shape index (κ2) is 10.1. The Labute approximate surface area is 221 Å². The molecule has 1 saturated heterocycles. The van der Waals surface area contributed by atoms with Gasteiger partial charge in [0.2, 0.25) is 0 Å². The highest BCUT2D eigenvalue weighted by Crippen LogP contribution is 2.41. The number of anilines is 1. The van der Waals surface area contributed by atoms with Crippen molar-refractivity contribution in [2.75, 3.05) is 25.0 Å². The van der Waals surface area contributed by atoms with Crippen molar-refractivity contribution in [3.63, 3.8) is 0 Å². The van der Waals surface area contributed by atoms with Crippen LogP contribution in [-0.2, 0) is 13.2 Å². The van der Waals surface area contributed by atoms with E-state index in [9.17, 15) is 22.8 Å². The summed E-state index contributed by atoms with van der Waals surface area (Å²) >= 11 is 6.38. The normalized spacial score (nSPS) is 16.6.